The summed E-state index contributed by atoms with van der Waals surface area (Å²) in [5.74, 6) is 0.371. The van der Waals surface area contributed by atoms with Crippen molar-refractivity contribution >= 4 is 22.8 Å². The highest BCUT2D eigenvalue weighted by Gasteiger charge is 2.27. The van der Waals surface area contributed by atoms with E-state index in [1.54, 1.807) is 29.2 Å². The summed E-state index contributed by atoms with van der Waals surface area (Å²) in [7, 11) is 0. The molecule has 7 heteroatoms. The molecule has 2 aromatic rings. The highest BCUT2D eigenvalue weighted by molar-refractivity contribution is 5.81. The Morgan fingerprint density at radius 2 is 1.93 bits per heavy atom. The summed E-state index contributed by atoms with van der Waals surface area (Å²) in [5, 5.41) is 3.71. The standard InChI is InChI=1S/C20H24N2O5/c1-13(2)21-20(25)15-7-9-22(10-8-15)18(23)12-26-16-5-3-14-4-6-19(24)27-17(14)11-16/h3-6,11,13,15H,7-10,12H2,1-2H3,(H,21,25). The Kier molecular flexibility index (Phi) is 5.78. The second kappa shape index (κ2) is 8.24. The van der Waals surface area contributed by atoms with Crippen LogP contribution < -0.4 is 15.7 Å². The van der Waals surface area contributed by atoms with Gasteiger partial charge >= 0.3 is 5.63 Å². The monoisotopic (exact) mass is 372 g/mol. The van der Waals surface area contributed by atoms with Crippen molar-refractivity contribution in [3.8, 4) is 5.75 Å². The average Bonchev–Trinajstić information content (AvgIpc) is 2.65. The fourth-order valence-corrected chi connectivity index (χ4v) is 3.16. The Labute approximate surface area is 157 Å². The Morgan fingerprint density at radius 3 is 2.63 bits per heavy atom. The molecule has 2 heterocycles. The first-order valence-electron chi connectivity index (χ1n) is 9.17. The molecular formula is C20H24N2O5. The molecule has 0 radical (unpaired) electrons. The number of hydrogen-bond donors (Lipinski definition) is 1. The Balaban J connectivity index is 1.51. The lowest BCUT2D eigenvalue weighted by molar-refractivity contribution is -0.137. The van der Waals surface area contributed by atoms with E-state index in [1.807, 2.05) is 13.8 Å². The molecule has 1 aliphatic heterocycles. The van der Waals surface area contributed by atoms with Gasteiger partial charge in [-0.15, -0.1) is 0 Å². The fourth-order valence-electron chi connectivity index (χ4n) is 3.16. The second-order valence-corrected chi connectivity index (χ2v) is 7.06. The first kappa shape index (κ1) is 18.9. The molecule has 1 aliphatic rings. The van der Waals surface area contributed by atoms with Crippen molar-refractivity contribution in [2.45, 2.75) is 32.7 Å². The van der Waals surface area contributed by atoms with Crippen LogP contribution in [0.2, 0.25) is 0 Å². The van der Waals surface area contributed by atoms with Gasteiger partial charge in [0.05, 0.1) is 0 Å². The summed E-state index contributed by atoms with van der Waals surface area (Å²) in [6.45, 7) is 4.87. The number of hydrogen-bond acceptors (Lipinski definition) is 5. The quantitative estimate of drug-likeness (QED) is 0.810. The number of nitrogens with one attached hydrogen (secondary N) is 1. The van der Waals surface area contributed by atoms with E-state index in [2.05, 4.69) is 5.32 Å². The van der Waals surface area contributed by atoms with Crippen molar-refractivity contribution in [2.75, 3.05) is 19.7 Å². The molecule has 1 fully saturated rings. The van der Waals surface area contributed by atoms with E-state index in [-0.39, 0.29) is 30.4 Å². The van der Waals surface area contributed by atoms with E-state index in [1.165, 1.54) is 6.07 Å². The third-order valence-corrected chi connectivity index (χ3v) is 4.61. The molecule has 0 atom stereocenters. The molecule has 0 saturated carbocycles. The van der Waals surface area contributed by atoms with Gasteiger partial charge in [0.15, 0.2) is 6.61 Å². The molecule has 1 N–H and O–H groups in total. The summed E-state index contributed by atoms with van der Waals surface area (Å²) in [4.78, 5) is 37.5. The van der Waals surface area contributed by atoms with Gasteiger partial charge in [-0.1, -0.05) is 0 Å². The number of piperidine rings is 1. The maximum absolute atomic E-state index is 12.4. The van der Waals surface area contributed by atoms with Gasteiger partial charge in [-0.2, -0.15) is 0 Å². The average molecular weight is 372 g/mol. The van der Waals surface area contributed by atoms with Gasteiger partial charge in [0.1, 0.15) is 11.3 Å². The minimum absolute atomic E-state index is 0.0410. The predicted molar refractivity (Wildman–Crippen MR) is 101 cm³/mol. The van der Waals surface area contributed by atoms with Crippen LogP contribution >= 0.6 is 0 Å². The lowest BCUT2D eigenvalue weighted by Crippen LogP contribution is -2.45. The summed E-state index contributed by atoms with van der Waals surface area (Å²) in [6.07, 6.45) is 1.32. The molecule has 7 nitrogen and oxygen atoms in total. The molecule has 0 unspecified atom stereocenters. The van der Waals surface area contributed by atoms with Crippen LogP contribution in [0.3, 0.4) is 0 Å². The van der Waals surface area contributed by atoms with Gasteiger partial charge in [0.25, 0.3) is 5.91 Å². The smallest absolute Gasteiger partial charge is 0.336 e. The zero-order valence-corrected chi connectivity index (χ0v) is 15.6. The summed E-state index contributed by atoms with van der Waals surface area (Å²) < 4.78 is 10.7. The SMILES string of the molecule is CC(C)NC(=O)C1CCN(C(=O)COc2ccc3ccc(=O)oc3c2)CC1. The number of carbonyl (C=O) groups is 2. The van der Waals surface area contributed by atoms with Crippen LogP contribution in [-0.2, 0) is 9.59 Å². The van der Waals surface area contributed by atoms with Gasteiger partial charge in [-0.3, -0.25) is 9.59 Å². The van der Waals surface area contributed by atoms with Crippen LogP contribution in [0, 0.1) is 5.92 Å². The number of fused-ring (bicyclic) bond motifs is 1. The Bertz CT molecular complexity index is 881. The number of carbonyl (C=O) groups excluding carboxylic acids is 2. The molecule has 1 aromatic heterocycles. The van der Waals surface area contributed by atoms with Crippen LogP contribution in [0.4, 0.5) is 0 Å². The molecule has 1 aromatic carbocycles. The van der Waals surface area contributed by atoms with Gasteiger partial charge in [-0.05, 0) is 44.9 Å². The normalized spacial score (nSPS) is 15.1. The summed E-state index contributed by atoms with van der Waals surface area (Å²) in [5.41, 5.74) is -0.00970. The highest BCUT2D eigenvalue weighted by Crippen LogP contribution is 2.21. The van der Waals surface area contributed by atoms with Crippen LogP contribution in [0.5, 0.6) is 5.75 Å². The van der Waals surface area contributed by atoms with Crippen molar-refractivity contribution in [2.24, 2.45) is 5.92 Å². The van der Waals surface area contributed by atoms with Crippen molar-refractivity contribution in [3.63, 3.8) is 0 Å². The van der Waals surface area contributed by atoms with Crippen molar-refractivity contribution < 1.29 is 18.7 Å². The highest BCUT2D eigenvalue weighted by atomic mass is 16.5. The fraction of sp³-hybridized carbons (Fsp3) is 0.450. The third kappa shape index (κ3) is 4.87. The first-order chi connectivity index (χ1) is 12.9. The Hall–Kier alpha value is -2.83. The zero-order valence-electron chi connectivity index (χ0n) is 15.6. The summed E-state index contributed by atoms with van der Waals surface area (Å²) >= 11 is 0. The largest absolute Gasteiger partial charge is 0.484 e. The minimum Gasteiger partial charge on any atom is -0.484 e. The molecule has 0 bridgehead atoms. The molecule has 0 aliphatic carbocycles. The molecule has 0 spiro atoms. The number of ether oxygens (including phenoxy) is 1. The van der Waals surface area contributed by atoms with E-state index in [4.69, 9.17) is 9.15 Å². The maximum Gasteiger partial charge on any atom is 0.336 e. The van der Waals surface area contributed by atoms with E-state index in [0.717, 1.165) is 5.39 Å². The lowest BCUT2D eigenvalue weighted by atomic mass is 9.95. The number of rotatable bonds is 5. The van der Waals surface area contributed by atoms with E-state index in [0.29, 0.717) is 37.3 Å². The van der Waals surface area contributed by atoms with Gasteiger partial charge in [-0.25, -0.2) is 4.79 Å². The number of likely N-dealkylation sites (tertiary alicyclic amines) is 1. The molecule has 3 rings (SSSR count). The van der Waals surface area contributed by atoms with Crippen molar-refractivity contribution in [1.29, 1.82) is 0 Å². The lowest BCUT2D eigenvalue weighted by Gasteiger charge is -2.31. The topological polar surface area (TPSA) is 88.9 Å². The van der Waals surface area contributed by atoms with Gasteiger partial charge < -0.3 is 19.4 Å². The minimum atomic E-state index is -0.430. The van der Waals surface area contributed by atoms with Gasteiger partial charge in [0, 0.05) is 42.6 Å². The van der Waals surface area contributed by atoms with E-state index >= 15 is 0 Å². The van der Waals surface area contributed by atoms with E-state index < -0.39 is 5.63 Å². The molecule has 2 amide bonds. The molecular weight excluding hydrogens is 348 g/mol. The number of benzene rings is 1. The van der Waals surface area contributed by atoms with E-state index in [9.17, 15) is 14.4 Å². The molecule has 27 heavy (non-hydrogen) atoms. The predicted octanol–water partition coefficient (Wildman–Crippen LogP) is 1.93. The summed E-state index contributed by atoms with van der Waals surface area (Å²) in [6, 6.07) is 8.27. The van der Waals surface area contributed by atoms with Crippen molar-refractivity contribution in [1.82, 2.24) is 10.2 Å². The first-order valence-corrected chi connectivity index (χ1v) is 9.17. The second-order valence-electron chi connectivity index (χ2n) is 7.06. The van der Waals surface area contributed by atoms with Crippen LogP contribution in [-0.4, -0.2) is 42.5 Å². The Morgan fingerprint density at radius 1 is 1.22 bits per heavy atom. The zero-order chi connectivity index (χ0) is 19.4. The van der Waals surface area contributed by atoms with Gasteiger partial charge in [0.2, 0.25) is 5.91 Å². The van der Waals surface area contributed by atoms with Crippen molar-refractivity contribution in [3.05, 3.63) is 40.8 Å². The molecule has 144 valence electrons. The third-order valence-electron chi connectivity index (χ3n) is 4.61. The number of amides is 2. The van der Waals surface area contributed by atoms with Crippen LogP contribution in [0.15, 0.2) is 39.5 Å². The van der Waals surface area contributed by atoms with Crippen LogP contribution in [0.25, 0.3) is 11.0 Å². The maximum atomic E-state index is 12.4. The molecule has 1 saturated heterocycles. The number of nitrogens with zero attached hydrogens (tertiary/aromatic N) is 1. The van der Waals surface area contributed by atoms with Crippen LogP contribution in [0.1, 0.15) is 26.7 Å².